The predicted molar refractivity (Wildman–Crippen MR) is 106 cm³/mol. The summed E-state index contributed by atoms with van der Waals surface area (Å²) < 4.78 is 13.4. The highest BCUT2D eigenvalue weighted by Gasteiger charge is 2.24. The number of benzene rings is 3. The van der Waals surface area contributed by atoms with E-state index in [4.69, 9.17) is 4.98 Å². The molecule has 0 saturated heterocycles. The predicted octanol–water partition coefficient (Wildman–Crippen LogP) is 6.44. The molecule has 1 heterocycles. The molecule has 3 aromatic carbocycles. The van der Waals surface area contributed by atoms with Crippen LogP contribution in [0.15, 0.2) is 84.9 Å². The lowest BCUT2D eigenvalue weighted by molar-refractivity contribution is 0.628. The number of halogens is 1. The van der Waals surface area contributed by atoms with Gasteiger partial charge in [0, 0.05) is 0 Å². The van der Waals surface area contributed by atoms with Crippen molar-refractivity contribution < 1.29 is 4.39 Å². The molecule has 0 fully saturated rings. The van der Waals surface area contributed by atoms with E-state index in [1.54, 1.807) is 11.3 Å². The van der Waals surface area contributed by atoms with Gasteiger partial charge in [0.1, 0.15) is 5.82 Å². The minimum Gasteiger partial charge on any atom is -0.245 e. The SMILES string of the molecule is Cc1nc(C(c2ccccc2)c2ccccc2)c(-c2ccc(F)cc2)s1. The summed E-state index contributed by atoms with van der Waals surface area (Å²) in [5.41, 5.74) is 4.43. The summed E-state index contributed by atoms with van der Waals surface area (Å²) in [6.07, 6.45) is 0. The van der Waals surface area contributed by atoms with Gasteiger partial charge < -0.3 is 0 Å². The van der Waals surface area contributed by atoms with Crippen LogP contribution < -0.4 is 0 Å². The van der Waals surface area contributed by atoms with Gasteiger partial charge in [0.15, 0.2) is 0 Å². The van der Waals surface area contributed by atoms with Crippen molar-refractivity contribution in [1.82, 2.24) is 4.98 Å². The lowest BCUT2D eigenvalue weighted by Crippen LogP contribution is -2.05. The Kier molecular flexibility index (Phi) is 4.63. The van der Waals surface area contributed by atoms with Crippen LogP contribution in [-0.2, 0) is 0 Å². The van der Waals surface area contributed by atoms with Crippen LogP contribution in [0.5, 0.6) is 0 Å². The maximum Gasteiger partial charge on any atom is 0.123 e. The van der Waals surface area contributed by atoms with Crippen LogP contribution in [0.4, 0.5) is 4.39 Å². The lowest BCUT2D eigenvalue weighted by atomic mass is 9.87. The molecule has 0 amide bonds. The van der Waals surface area contributed by atoms with Crippen molar-refractivity contribution in [3.63, 3.8) is 0 Å². The van der Waals surface area contributed by atoms with Crippen molar-refractivity contribution in [2.75, 3.05) is 0 Å². The van der Waals surface area contributed by atoms with Crippen molar-refractivity contribution in [2.24, 2.45) is 0 Å². The number of hydrogen-bond donors (Lipinski definition) is 0. The molecule has 0 aliphatic heterocycles. The van der Waals surface area contributed by atoms with Crippen LogP contribution in [0.1, 0.15) is 27.7 Å². The van der Waals surface area contributed by atoms with Crippen LogP contribution in [-0.4, -0.2) is 4.98 Å². The molecule has 3 heteroatoms. The number of aromatic nitrogens is 1. The van der Waals surface area contributed by atoms with E-state index in [0.717, 1.165) is 21.1 Å². The number of rotatable bonds is 4. The van der Waals surface area contributed by atoms with Gasteiger partial charge in [-0.3, -0.25) is 0 Å². The molecular formula is C23H18FNS. The molecule has 128 valence electrons. The second-order valence-electron chi connectivity index (χ2n) is 6.21. The lowest BCUT2D eigenvalue weighted by Gasteiger charge is -2.18. The Morgan fingerprint density at radius 1 is 0.769 bits per heavy atom. The van der Waals surface area contributed by atoms with Gasteiger partial charge in [-0.15, -0.1) is 11.3 Å². The summed E-state index contributed by atoms with van der Waals surface area (Å²) in [4.78, 5) is 5.98. The summed E-state index contributed by atoms with van der Waals surface area (Å²) in [6.45, 7) is 2.02. The number of hydrogen-bond acceptors (Lipinski definition) is 2. The zero-order chi connectivity index (χ0) is 17.9. The highest BCUT2D eigenvalue weighted by atomic mass is 32.1. The van der Waals surface area contributed by atoms with Crippen molar-refractivity contribution in [1.29, 1.82) is 0 Å². The van der Waals surface area contributed by atoms with Gasteiger partial charge in [-0.2, -0.15) is 0 Å². The van der Waals surface area contributed by atoms with Gasteiger partial charge in [-0.25, -0.2) is 9.37 Å². The largest absolute Gasteiger partial charge is 0.245 e. The second-order valence-corrected chi connectivity index (χ2v) is 7.41. The minimum atomic E-state index is -0.223. The van der Waals surface area contributed by atoms with Crippen LogP contribution in [0.3, 0.4) is 0 Å². The Morgan fingerprint density at radius 3 is 1.85 bits per heavy atom. The molecule has 0 aliphatic carbocycles. The molecule has 0 bridgehead atoms. The summed E-state index contributed by atoms with van der Waals surface area (Å²) >= 11 is 1.66. The van der Waals surface area contributed by atoms with Gasteiger partial charge in [0.25, 0.3) is 0 Å². The van der Waals surface area contributed by atoms with Gasteiger partial charge in [0.2, 0.25) is 0 Å². The molecule has 0 spiro atoms. The third-order valence-corrected chi connectivity index (χ3v) is 5.44. The third kappa shape index (κ3) is 3.31. The number of nitrogens with zero attached hydrogens (tertiary/aromatic N) is 1. The van der Waals surface area contributed by atoms with Crippen LogP contribution in [0.2, 0.25) is 0 Å². The summed E-state index contributed by atoms with van der Waals surface area (Å²) in [6, 6.07) is 27.5. The monoisotopic (exact) mass is 359 g/mol. The van der Waals surface area contributed by atoms with E-state index in [9.17, 15) is 4.39 Å². The molecule has 26 heavy (non-hydrogen) atoms. The van der Waals surface area contributed by atoms with E-state index in [1.807, 2.05) is 31.2 Å². The smallest absolute Gasteiger partial charge is 0.123 e. The average molecular weight is 359 g/mol. The van der Waals surface area contributed by atoms with E-state index in [2.05, 4.69) is 48.5 Å². The molecule has 0 radical (unpaired) electrons. The molecule has 0 saturated carbocycles. The van der Waals surface area contributed by atoms with Crippen LogP contribution in [0, 0.1) is 12.7 Å². The quantitative estimate of drug-likeness (QED) is 0.409. The average Bonchev–Trinajstić information content (AvgIpc) is 3.05. The first-order chi connectivity index (χ1) is 12.7. The van der Waals surface area contributed by atoms with Gasteiger partial charge >= 0.3 is 0 Å². The van der Waals surface area contributed by atoms with Crippen LogP contribution in [0.25, 0.3) is 10.4 Å². The van der Waals surface area contributed by atoms with Gasteiger partial charge in [0.05, 0.1) is 21.5 Å². The first kappa shape index (κ1) is 16.7. The zero-order valence-electron chi connectivity index (χ0n) is 14.4. The summed E-state index contributed by atoms with van der Waals surface area (Å²) in [5.74, 6) is -0.179. The Balaban J connectivity index is 1.91. The first-order valence-corrected chi connectivity index (χ1v) is 9.37. The van der Waals surface area contributed by atoms with Crippen LogP contribution >= 0.6 is 11.3 Å². The zero-order valence-corrected chi connectivity index (χ0v) is 15.2. The molecule has 4 aromatic rings. The van der Waals surface area contributed by atoms with Crippen molar-refractivity contribution in [2.45, 2.75) is 12.8 Å². The molecule has 1 nitrogen and oxygen atoms in total. The minimum absolute atomic E-state index is 0.0439. The normalized spacial score (nSPS) is 11.0. The maximum absolute atomic E-state index is 13.4. The summed E-state index contributed by atoms with van der Waals surface area (Å²) in [7, 11) is 0. The molecule has 0 atom stereocenters. The molecule has 0 N–H and O–H groups in total. The van der Waals surface area contributed by atoms with E-state index in [0.29, 0.717) is 0 Å². The summed E-state index contributed by atoms with van der Waals surface area (Å²) in [5, 5.41) is 1.01. The van der Waals surface area contributed by atoms with E-state index >= 15 is 0 Å². The first-order valence-electron chi connectivity index (χ1n) is 8.55. The number of aryl methyl sites for hydroxylation is 1. The van der Waals surface area contributed by atoms with E-state index < -0.39 is 0 Å². The fraction of sp³-hybridized carbons (Fsp3) is 0.0870. The highest BCUT2D eigenvalue weighted by Crippen LogP contribution is 2.40. The fourth-order valence-electron chi connectivity index (χ4n) is 3.25. The van der Waals surface area contributed by atoms with Gasteiger partial charge in [-0.05, 0) is 35.7 Å². The van der Waals surface area contributed by atoms with Gasteiger partial charge in [-0.1, -0.05) is 72.8 Å². The van der Waals surface area contributed by atoms with E-state index in [1.165, 1.54) is 23.3 Å². The van der Waals surface area contributed by atoms with Crippen molar-refractivity contribution in [3.05, 3.63) is 113 Å². The number of thiazole rings is 1. The molecule has 4 rings (SSSR count). The van der Waals surface area contributed by atoms with Crippen molar-refractivity contribution in [3.8, 4) is 10.4 Å². The highest BCUT2D eigenvalue weighted by molar-refractivity contribution is 7.15. The third-order valence-electron chi connectivity index (χ3n) is 4.41. The standard InChI is InChI=1S/C23H18FNS/c1-16-25-22(23(26-16)19-12-14-20(24)15-13-19)21(17-8-4-2-5-9-17)18-10-6-3-7-11-18/h2-15,21H,1H3. The molecular weight excluding hydrogens is 341 g/mol. The fourth-order valence-corrected chi connectivity index (χ4v) is 4.21. The topological polar surface area (TPSA) is 12.9 Å². The molecule has 1 aromatic heterocycles. The van der Waals surface area contributed by atoms with Crippen molar-refractivity contribution >= 4 is 11.3 Å². The van der Waals surface area contributed by atoms with E-state index in [-0.39, 0.29) is 11.7 Å². The Labute approximate surface area is 156 Å². The maximum atomic E-state index is 13.4. The molecule has 0 aliphatic rings. The Hall–Kier alpha value is -2.78. The molecule has 0 unspecified atom stereocenters. The Bertz CT molecular complexity index is 952. The Morgan fingerprint density at radius 2 is 1.31 bits per heavy atom. The second kappa shape index (κ2) is 7.22.